The Hall–Kier alpha value is -1.77. The van der Waals surface area contributed by atoms with Crippen molar-refractivity contribution in [3.8, 4) is 5.75 Å². The van der Waals surface area contributed by atoms with E-state index in [1.807, 2.05) is 12.1 Å². The number of fused-ring (bicyclic) bond motifs is 1. The monoisotopic (exact) mass is 190 g/mol. The van der Waals surface area contributed by atoms with Gasteiger partial charge in [-0.15, -0.1) is 0 Å². The summed E-state index contributed by atoms with van der Waals surface area (Å²) in [4.78, 5) is 10.8. The first-order valence-electron chi connectivity index (χ1n) is 4.28. The Balaban J connectivity index is 2.74. The third-order valence-electron chi connectivity index (χ3n) is 2.24. The van der Waals surface area contributed by atoms with Crippen molar-refractivity contribution in [3.63, 3.8) is 0 Å². The summed E-state index contributed by atoms with van der Waals surface area (Å²) in [6, 6.07) is 5.41. The van der Waals surface area contributed by atoms with Gasteiger partial charge in [0.15, 0.2) is 6.29 Å². The van der Waals surface area contributed by atoms with Crippen molar-refractivity contribution in [2.24, 2.45) is 0 Å². The molecule has 2 rings (SSSR count). The molecule has 0 spiro atoms. The van der Waals surface area contributed by atoms with E-state index < -0.39 is 0 Å². The molecule has 0 N–H and O–H groups in total. The number of benzene rings is 1. The number of hydrogen-bond acceptors (Lipinski definition) is 3. The van der Waals surface area contributed by atoms with E-state index in [0.29, 0.717) is 16.9 Å². The fraction of sp³-hybridized carbons (Fsp3) is 0.182. The van der Waals surface area contributed by atoms with Gasteiger partial charge in [-0.1, -0.05) is 0 Å². The largest absolute Gasteiger partial charge is 0.497 e. The summed E-state index contributed by atoms with van der Waals surface area (Å²) in [5.74, 6) is 1.37. The van der Waals surface area contributed by atoms with Crippen LogP contribution in [0.4, 0.5) is 0 Å². The summed E-state index contributed by atoms with van der Waals surface area (Å²) >= 11 is 0. The fourth-order valence-corrected chi connectivity index (χ4v) is 1.49. The number of ether oxygens (including phenoxy) is 1. The van der Waals surface area contributed by atoms with E-state index in [9.17, 15) is 4.79 Å². The smallest absolute Gasteiger partial charge is 0.154 e. The molecule has 0 saturated carbocycles. The summed E-state index contributed by atoms with van der Waals surface area (Å²) in [6.45, 7) is 1.77. The molecule has 1 heterocycles. The highest BCUT2D eigenvalue weighted by atomic mass is 16.5. The van der Waals surface area contributed by atoms with Crippen molar-refractivity contribution < 1.29 is 13.9 Å². The van der Waals surface area contributed by atoms with Gasteiger partial charge in [-0.25, -0.2) is 0 Å². The summed E-state index contributed by atoms with van der Waals surface area (Å²) in [5.41, 5.74) is 1.30. The van der Waals surface area contributed by atoms with Crippen molar-refractivity contribution in [2.45, 2.75) is 6.92 Å². The first kappa shape index (κ1) is 8.81. The first-order valence-corrected chi connectivity index (χ1v) is 4.28. The number of aldehydes is 1. The Bertz CT molecular complexity index is 482. The molecule has 1 aromatic carbocycles. The van der Waals surface area contributed by atoms with Crippen LogP contribution in [0.2, 0.25) is 0 Å². The average Bonchev–Trinajstić information content (AvgIpc) is 2.51. The highest BCUT2D eigenvalue weighted by molar-refractivity contribution is 5.97. The third kappa shape index (κ3) is 1.18. The maximum Gasteiger partial charge on any atom is 0.154 e. The van der Waals surface area contributed by atoms with Crippen LogP contribution in [-0.2, 0) is 0 Å². The van der Waals surface area contributed by atoms with Gasteiger partial charge in [0.1, 0.15) is 17.1 Å². The lowest BCUT2D eigenvalue weighted by molar-refractivity contribution is 0.112. The van der Waals surface area contributed by atoms with Gasteiger partial charge in [-0.05, 0) is 19.1 Å². The molecule has 0 bridgehead atoms. The predicted molar refractivity (Wildman–Crippen MR) is 52.9 cm³/mol. The molecular formula is C11H10O3. The van der Waals surface area contributed by atoms with Crippen molar-refractivity contribution in [1.82, 2.24) is 0 Å². The van der Waals surface area contributed by atoms with E-state index in [2.05, 4.69) is 0 Å². The van der Waals surface area contributed by atoms with Gasteiger partial charge >= 0.3 is 0 Å². The molecule has 0 radical (unpaired) electrons. The standard InChI is InChI=1S/C11H10O3/c1-7-10(6-12)9-4-3-8(13-2)5-11(9)14-7/h3-6H,1-2H3. The maximum absolute atomic E-state index is 10.8. The summed E-state index contributed by atoms with van der Waals surface area (Å²) in [6.07, 6.45) is 0.813. The van der Waals surface area contributed by atoms with Crippen LogP contribution in [-0.4, -0.2) is 13.4 Å². The second kappa shape index (κ2) is 3.18. The third-order valence-corrected chi connectivity index (χ3v) is 2.24. The van der Waals surface area contributed by atoms with Gasteiger partial charge < -0.3 is 9.15 Å². The zero-order valence-corrected chi connectivity index (χ0v) is 8.03. The number of hydrogen-bond donors (Lipinski definition) is 0. The molecule has 1 aromatic heterocycles. The molecule has 0 unspecified atom stereocenters. The minimum atomic E-state index is 0.614. The van der Waals surface area contributed by atoms with Gasteiger partial charge in [0.2, 0.25) is 0 Å². The quantitative estimate of drug-likeness (QED) is 0.683. The molecule has 0 aliphatic heterocycles. The van der Waals surface area contributed by atoms with Crippen molar-refractivity contribution in [2.75, 3.05) is 7.11 Å². The lowest BCUT2D eigenvalue weighted by Crippen LogP contribution is -1.82. The fourth-order valence-electron chi connectivity index (χ4n) is 1.49. The van der Waals surface area contributed by atoms with Crippen LogP contribution in [0.3, 0.4) is 0 Å². The van der Waals surface area contributed by atoms with Gasteiger partial charge in [-0.3, -0.25) is 4.79 Å². The minimum Gasteiger partial charge on any atom is -0.497 e. The first-order chi connectivity index (χ1) is 6.76. The lowest BCUT2D eigenvalue weighted by atomic mass is 10.1. The SMILES string of the molecule is COc1ccc2c(C=O)c(C)oc2c1. The lowest BCUT2D eigenvalue weighted by Gasteiger charge is -1.97. The maximum atomic E-state index is 10.8. The molecule has 0 aliphatic rings. The summed E-state index contributed by atoms with van der Waals surface area (Å²) < 4.78 is 10.5. The zero-order chi connectivity index (χ0) is 10.1. The van der Waals surface area contributed by atoms with Crippen molar-refractivity contribution in [1.29, 1.82) is 0 Å². The van der Waals surface area contributed by atoms with E-state index in [-0.39, 0.29) is 0 Å². The number of carbonyl (C=O) groups is 1. The van der Waals surface area contributed by atoms with Crippen LogP contribution in [0.15, 0.2) is 22.6 Å². The molecule has 0 saturated heterocycles. The molecule has 0 fully saturated rings. The van der Waals surface area contributed by atoms with Crippen LogP contribution in [0, 0.1) is 6.92 Å². The van der Waals surface area contributed by atoms with Gasteiger partial charge in [0.25, 0.3) is 0 Å². The van der Waals surface area contributed by atoms with Gasteiger partial charge in [0.05, 0.1) is 12.7 Å². The molecule has 3 heteroatoms. The topological polar surface area (TPSA) is 39.4 Å². The number of carbonyl (C=O) groups excluding carboxylic acids is 1. The molecule has 14 heavy (non-hydrogen) atoms. The van der Waals surface area contributed by atoms with Crippen molar-refractivity contribution >= 4 is 17.3 Å². The Kier molecular flexibility index (Phi) is 2.00. The second-order valence-corrected chi connectivity index (χ2v) is 3.05. The number of rotatable bonds is 2. The van der Waals surface area contributed by atoms with Crippen molar-refractivity contribution in [3.05, 3.63) is 29.5 Å². The van der Waals surface area contributed by atoms with E-state index in [1.54, 1.807) is 20.1 Å². The molecule has 2 aromatic rings. The number of furan rings is 1. The molecule has 0 aliphatic carbocycles. The molecule has 0 amide bonds. The minimum absolute atomic E-state index is 0.614. The normalized spacial score (nSPS) is 10.4. The van der Waals surface area contributed by atoms with Crippen LogP contribution in [0.1, 0.15) is 16.1 Å². The molecule has 0 atom stereocenters. The number of methoxy groups -OCH3 is 1. The highest BCUT2D eigenvalue weighted by Gasteiger charge is 2.10. The van der Waals surface area contributed by atoms with E-state index >= 15 is 0 Å². The van der Waals surface area contributed by atoms with E-state index in [0.717, 1.165) is 17.4 Å². The van der Waals surface area contributed by atoms with Crippen LogP contribution >= 0.6 is 0 Å². The number of aryl methyl sites for hydroxylation is 1. The second-order valence-electron chi connectivity index (χ2n) is 3.05. The average molecular weight is 190 g/mol. The van der Waals surface area contributed by atoms with Crippen LogP contribution in [0.25, 0.3) is 11.0 Å². The van der Waals surface area contributed by atoms with Crippen LogP contribution in [0.5, 0.6) is 5.75 Å². The molecular weight excluding hydrogens is 180 g/mol. The van der Waals surface area contributed by atoms with Crippen LogP contribution < -0.4 is 4.74 Å². The van der Waals surface area contributed by atoms with Gasteiger partial charge in [0, 0.05) is 11.5 Å². The zero-order valence-electron chi connectivity index (χ0n) is 8.03. The Labute approximate surface area is 81.3 Å². The van der Waals surface area contributed by atoms with E-state index in [4.69, 9.17) is 9.15 Å². The highest BCUT2D eigenvalue weighted by Crippen LogP contribution is 2.27. The van der Waals surface area contributed by atoms with Gasteiger partial charge in [-0.2, -0.15) is 0 Å². The predicted octanol–water partition coefficient (Wildman–Crippen LogP) is 2.56. The summed E-state index contributed by atoms with van der Waals surface area (Å²) in [5, 5.41) is 0.832. The Morgan fingerprint density at radius 2 is 2.21 bits per heavy atom. The summed E-state index contributed by atoms with van der Waals surface area (Å²) in [7, 11) is 1.59. The molecule has 3 nitrogen and oxygen atoms in total. The molecule has 72 valence electrons. The Morgan fingerprint density at radius 1 is 1.43 bits per heavy atom. The van der Waals surface area contributed by atoms with E-state index in [1.165, 1.54) is 0 Å². The Morgan fingerprint density at radius 3 is 2.86 bits per heavy atom.